The number of alkyl halides is 1. The van der Waals surface area contributed by atoms with E-state index in [1.165, 1.54) is 0 Å². The number of nitrogens with one attached hydrogen (secondary N) is 1. The summed E-state index contributed by atoms with van der Waals surface area (Å²) in [5, 5.41) is -0.478. The average molecular weight is 312 g/mol. The number of hydrogen-bond acceptors (Lipinski definition) is 3. The predicted octanol–water partition coefficient (Wildman–Crippen LogP) is 3.73. The van der Waals surface area contributed by atoms with E-state index in [1.807, 2.05) is 31.2 Å². The molecule has 0 atom stereocenters. The summed E-state index contributed by atoms with van der Waals surface area (Å²) >= 11 is 5.32. The van der Waals surface area contributed by atoms with Gasteiger partial charge in [0.15, 0.2) is 0 Å². The van der Waals surface area contributed by atoms with E-state index in [2.05, 4.69) is 4.72 Å². The molecular weight excluding hydrogens is 298 g/mol. The molecule has 0 radical (unpaired) electrons. The summed E-state index contributed by atoms with van der Waals surface area (Å²) in [6.07, 6.45) is 0. The van der Waals surface area contributed by atoms with Crippen molar-refractivity contribution in [1.82, 2.24) is 0 Å². The highest BCUT2D eigenvalue weighted by atomic mass is 35.5. The molecule has 1 N–H and O–H groups in total. The van der Waals surface area contributed by atoms with Gasteiger partial charge in [-0.1, -0.05) is 17.7 Å². The van der Waals surface area contributed by atoms with Crippen molar-refractivity contribution in [2.45, 2.75) is 6.92 Å². The summed E-state index contributed by atoms with van der Waals surface area (Å²) in [4.78, 5) is 0. The maximum Gasteiger partial charge on any atom is 0.246 e. The third-order valence-corrected chi connectivity index (χ3v) is 4.22. The standard InChI is InChI=1S/C14H14ClNO3S/c1-11-2-6-13(7-3-11)19-14-8-4-12(5-9-14)16-20(17,18)10-15/h2-9,16H,10H2,1H3. The minimum absolute atomic E-state index is 0.446. The minimum Gasteiger partial charge on any atom is -0.457 e. The Kier molecular flexibility index (Phi) is 4.52. The van der Waals surface area contributed by atoms with Crippen molar-refractivity contribution in [3.05, 3.63) is 54.1 Å². The van der Waals surface area contributed by atoms with E-state index >= 15 is 0 Å². The van der Waals surface area contributed by atoms with Gasteiger partial charge in [-0.15, -0.1) is 11.6 Å². The number of halogens is 1. The second kappa shape index (κ2) is 6.15. The molecule has 0 aliphatic carbocycles. The number of ether oxygens (including phenoxy) is 1. The van der Waals surface area contributed by atoms with Crippen molar-refractivity contribution in [2.75, 3.05) is 9.93 Å². The molecule has 2 aromatic carbocycles. The Morgan fingerprint density at radius 2 is 1.50 bits per heavy atom. The zero-order valence-corrected chi connectivity index (χ0v) is 12.4. The summed E-state index contributed by atoms with van der Waals surface area (Å²) in [6.45, 7) is 2.00. The van der Waals surface area contributed by atoms with Crippen LogP contribution in [0.2, 0.25) is 0 Å². The first kappa shape index (κ1) is 14.7. The number of sulfonamides is 1. The van der Waals surface area contributed by atoms with E-state index in [0.29, 0.717) is 11.4 Å². The van der Waals surface area contributed by atoms with Crippen LogP contribution in [0.3, 0.4) is 0 Å². The predicted molar refractivity (Wildman–Crippen MR) is 81.0 cm³/mol. The molecule has 0 aliphatic heterocycles. The highest BCUT2D eigenvalue weighted by Crippen LogP contribution is 2.23. The van der Waals surface area contributed by atoms with Gasteiger partial charge in [-0.05, 0) is 43.3 Å². The molecule has 106 valence electrons. The fraction of sp³-hybridized carbons (Fsp3) is 0.143. The number of aryl methyl sites for hydroxylation is 1. The lowest BCUT2D eigenvalue weighted by atomic mass is 10.2. The molecular formula is C14H14ClNO3S. The monoisotopic (exact) mass is 311 g/mol. The molecule has 0 spiro atoms. The fourth-order valence-electron chi connectivity index (χ4n) is 1.54. The van der Waals surface area contributed by atoms with Crippen molar-refractivity contribution in [1.29, 1.82) is 0 Å². The first-order valence-corrected chi connectivity index (χ1v) is 8.08. The quantitative estimate of drug-likeness (QED) is 0.856. The van der Waals surface area contributed by atoms with Gasteiger partial charge in [0, 0.05) is 5.69 Å². The molecule has 6 heteroatoms. The lowest BCUT2D eigenvalue weighted by Crippen LogP contribution is -2.13. The van der Waals surface area contributed by atoms with Crippen LogP contribution in [0.15, 0.2) is 48.5 Å². The molecule has 2 rings (SSSR count). The van der Waals surface area contributed by atoms with E-state index in [0.717, 1.165) is 11.3 Å². The zero-order valence-electron chi connectivity index (χ0n) is 10.8. The smallest absolute Gasteiger partial charge is 0.246 e. The Morgan fingerprint density at radius 1 is 1.00 bits per heavy atom. The Bertz CT molecular complexity index is 667. The summed E-state index contributed by atoms with van der Waals surface area (Å²) in [5.41, 5.74) is 1.60. The normalized spacial score (nSPS) is 11.1. The van der Waals surface area contributed by atoms with Crippen LogP contribution in [-0.4, -0.2) is 13.6 Å². The summed E-state index contributed by atoms with van der Waals surface area (Å²) in [6, 6.07) is 14.3. The average Bonchev–Trinajstić information content (AvgIpc) is 2.43. The van der Waals surface area contributed by atoms with Crippen LogP contribution in [0.1, 0.15) is 5.56 Å². The second-order valence-corrected chi connectivity index (χ2v) is 6.57. The topological polar surface area (TPSA) is 55.4 Å². The molecule has 0 bridgehead atoms. The summed E-state index contributed by atoms with van der Waals surface area (Å²) < 4.78 is 30.6. The van der Waals surface area contributed by atoms with E-state index in [4.69, 9.17) is 16.3 Å². The molecule has 0 unspecified atom stereocenters. The lowest BCUT2D eigenvalue weighted by Gasteiger charge is -2.08. The minimum atomic E-state index is -3.47. The second-order valence-electron chi connectivity index (χ2n) is 4.27. The van der Waals surface area contributed by atoms with Crippen LogP contribution in [0.25, 0.3) is 0 Å². The third-order valence-electron chi connectivity index (χ3n) is 2.53. The molecule has 0 saturated carbocycles. The summed E-state index contributed by atoms with van der Waals surface area (Å²) in [5.74, 6) is 1.35. The zero-order chi connectivity index (χ0) is 14.6. The maximum atomic E-state index is 11.3. The molecule has 0 saturated heterocycles. The van der Waals surface area contributed by atoms with Crippen LogP contribution in [0.5, 0.6) is 11.5 Å². The summed E-state index contributed by atoms with van der Waals surface area (Å²) in [7, 11) is -3.47. The van der Waals surface area contributed by atoms with E-state index < -0.39 is 15.2 Å². The number of rotatable bonds is 5. The number of benzene rings is 2. The molecule has 4 nitrogen and oxygen atoms in total. The molecule has 0 heterocycles. The highest BCUT2D eigenvalue weighted by Gasteiger charge is 2.07. The number of hydrogen-bond donors (Lipinski definition) is 1. The molecule has 0 fully saturated rings. The van der Waals surface area contributed by atoms with Crippen molar-refractivity contribution >= 4 is 27.3 Å². The van der Waals surface area contributed by atoms with Gasteiger partial charge < -0.3 is 4.74 Å². The van der Waals surface area contributed by atoms with Gasteiger partial charge in [0.25, 0.3) is 0 Å². The van der Waals surface area contributed by atoms with Gasteiger partial charge in [-0.2, -0.15) is 0 Å². The molecule has 20 heavy (non-hydrogen) atoms. The van der Waals surface area contributed by atoms with Crippen molar-refractivity contribution in [3.8, 4) is 11.5 Å². The maximum absolute atomic E-state index is 11.3. The van der Waals surface area contributed by atoms with Crippen LogP contribution in [0.4, 0.5) is 5.69 Å². The van der Waals surface area contributed by atoms with Gasteiger partial charge in [0.1, 0.15) is 16.7 Å². The van der Waals surface area contributed by atoms with E-state index in [1.54, 1.807) is 24.3 Å². The van der Waals surface area contributed by atoms with Crippen molar-refractivity contribution < 1.29 is 13.2 Å². The molecule has 2 aromatic rings. The first-order chi connectivity index (χ1) is 9.48. The largest absolute Gasteiger partial charge is 0.457 e. The number of anilines is 1. The van der Waals surface area contributed by atoms with E-state index in [-0.39, 0.29) is 0 Å². The third kappa shape index (κ3) is 4.15. The molecule has 0 aromatic heterocycles. The van der Waals surface area contributed by atoms with Crippen LogP contribution in [-0.2, 0) is 10.0 Å². The van der Waals surface area contributed by atoms with Gasteiger partial charge in [-0.3, -0.25) is 4.72 Å². The van der Waals surface area contributed by atoms with Gasteiger partial charge in [0.05, 0.1) is 0 Å². The highest BCUT2D eigenvalue weighted by molar-refractivity contribution is 7.93. The van der Waals surface area contributed by atoms with Crippen LogP contribution < -0.4 is 9.46 Å². The first-order valence-electron chi connectivity index (χ1n) is 5.89. The Morgan fingerprint density at radius 3 is 2.00 bits per heavy atom. The van der Waals surface area contributed by atoms with Crippen LogP contribution >= 0.6 is 11.6 Å². The van der Waals surface area contributed by atoms with Crippen molar-refractivity contribution in [3.63, 3.8) is 0 Å². The van der Waals surface area contributed by atoms with Gasteiger partial charge in [0.2, 0.25) is 10.0 Å². The lowest BCUT2D eigenvalue weighted by molar-refractivity contribution is 0.482. The Balaban J connectivity index is 2.07. The van der Waals surface area contributed by atoms with Gasteiger partial charge >= 0.3 is 0 Å². The van der Waals surface area contributed by atoms with E-state index in [9.17, 15) is 8.42 Å². The van der Waals surface area contributed by atoms with Gasteiger partial charge in [-0.25, -0.2) is 8.42 Å². The molecule has 0 aliphatic rings. The molecule has 0 amide bonds. The van der Waals surface area contributed by atoms with Crippen molar-refractivity contribution in [2.24, 2.45) is 0 Å². The SMILES string of the molecule is Cc1ccc(Oc2ccc(NS(=O)(=O)CCl)cc2)cc1. The Labute approximate surface area is 123 Å². The van der Waals surface area contributed by atoms with Crippen LogP contribution in [0, 0.1) is 6.92 Å². The Hall–Kier alpha value is -1.72. The fourth-order valence-corrected chi connectivity index (χ4v) is 2.25.